The molecule has 0 heterocycles. The SMILES string of the molecule is COC(=O)CCC(C)NCc1cccc(CO)c1. The van der Waals surface area contributed by atoms with Gasteiger partial charge in [-0.1, -0.05) is 24.3 Å². The number of benzene rings is 1. The Morgan fingerprint density at radius 2 is 2.17 bits per heavy atom. The van der Waals surface area contributed by atoms with Crippen LogP contribution in [0.25, 0.3) is 0 Å². The Balaban J connectivity index is 2.33. The van der Waals surface area contributed by atoms with Gasteiger partial charge in [0, 0.05) is 19.0 Å². The second-order valence-corrected chi connectivity index (χ2v) is 4.37. The summed E-state index contributed by atoms with van der Waals surface area (Å²) in [5.41, 5.74) is 2.04. The summed E-state index contributed by atoms with van der Waals surface area (Å²) in [5, 5.41) is 12.4. The number of aliphatic hydroxyl groups excluding tert-OH is 1. The summed E-state index contributed by atoms with van der Waals surface area (Å²) < 4.78 is 4.60. The average molecular weight is 251 g/mol. The summed E-state index contributed by atoms with van der Waals surface area (Å²) >= 11 is 0. The topological polar surface area (TPSA) is 58.6 Å². The van der Waals surface area contributed by atoms with Gasteiger partial charge in [-0.25, -0.2) is 0 Å². The highest BCUT2D eigenvalue weighted by atomic mass is 16.5. The lowest BCUT2D eigenvalue weighted by atomic mass is 10.1. The van der Waals surface area contributed by atoms with Crippen LogP contribution in [0.3, 0.4) is 0 Å². The Labute approximate surface area is 108 Å². The minimum Gasteiger partial charge on any atom is -0.469 e. The van der Waals surface area contributed by atoms with Crippen LogP contribution in [-0.4, -0.2) is 24.2 Å². The van der Waals surface area contributed by atoms with E-state index in [0.29, 0.717) is 6.42 Å². The number of carbonyl (C=O) groups is 1. The molecule has 1 aromatic carbocycles. The van der Waals surface area contributed by atoms with Crippen molar-refractivity contribution in [2.45, 2.75) is 39.0 Å². The summed E-state index contributed by atoms with van der Waals surface area (Å²) in [6.45, 7) is 2.83. The molecule has 0 spiro atoms. The van der Waals surface area contributed by atoms with Crippen molar-refractivity contribution in [1.29, 1.82) is 0 Å². The molecule has 0 aliphatic heterocycles. The van der Waals surface area contributed by atoms with Gasteiger partial charge >= 0.3 is 5.97 Å². The number of aliphatic hydroxyl groups is 1. The molecule has 18 heavy (non-hydrogen) atoms. The van der Waals surface area contributed by atoms with Gasteiger partial charge in [0.1, 0.15) is 0 Å². The molecule has 2 N–H and O–H groups in total. The molecule has 4 nitrogen and oxygen atoms in total. The van der Waals surface area contributed by atoms with Crippen LogP contribution in [0.2, 0.25) is 0 Å². The summed E-state index contributed by atoms with van der Waals surface area (Å²) in [6, 6.07) is 8.06. The molecule has 1 atom stereocenters. The van der Waals surface area contributed by atoms with Gasteiger partial charge < -0.3 is 15.2 Å². The van der Waals surface area contributed by atoms with Crippen LogP contribution in [0.5, 0.6) is 0 Å². The standard InChI is InChI=1S/C14H21NO3/c1-11(6-7-14(17)18-2)15-9-12-4-3-5-13(8-12)10-16/h3-5,8,11,15-16H,6-7,9-10H2,1-2H3. The van der Waals surface area contributed by atoms with Crippen LogP contribution in [0, 0.1) is 0 Å². The van der Waals surface area contributed by atoms with Crippen molar-refractivity contribution in [3.05, 3.63) is 35.4 Å². The molecule has 0 saturated carbocycles. The van der Waals surface area contributed by atoms with E-state index in [1.54, 1.807) is 0 Å². The monoisotopic (exact) mass is 251 g/mol. The fraction of sp³-hybridized carbons (Fsp3) is 0.500. The second-order valence-electron chi connectivity index (χ2n) is 4.37. The Bertz CT molecular complexity index is 379. The van der Waals surface area contributed by atoms with Crippen LogP contribution in [0.15, 0.2) is 24.3 Å². The van der Waals surface area contributed by atoms with Crippen molar-refractivity contribution >= 4 is 5.97 Å². The van der Waals surface area contributed by atoms with E-state index in [0.717, 1.165) is 24.1 Å². The Morgan fingerprint density at radius 1 is 1.44 bits per heavy atom. The number of carbonyl (C=O) groups excluding carboxylic acids is 1. The molecule has 4 heteroatoms. The zero-order valence-electron chi connectivity index (χ0n) is 11.0. The number of methoxy groups -OCH3 is 1. The highest BCUT2D eigenvalue weighted by Gasteiger charge is 2.06. The van der Waals surface area contributed by atoms with Gasteiger partial charge in [-0.05, 0) is 24.5 Å². The average Bonchev–Trinajstić information content (AvgIpc) is 2.42. The Kier molecular flexibility index (Phi) is 6.39. The van der Waals surface area contributed by atoms with Gasteiger partial charge in [-0.2, -0.15) is 0 Å². The summed E-state index contributed by atoms with van der Waals surface area (Å²) in [6.07, 6.45) is 1.19. The van der Waals surface area contributed by atoms with Crippen LogP contribution >= 0.6 is 0 Å². The molecular weight excluding hydrogens is 230 g/mol. The second kappa shape index (κ2) is 7.84. The third kappa shape index (κ3) is 5.29. The smallest absolute Gasteiger partial charge is 0.305 e. The zero-order chi connectivity index (χ0) is 13.4. The molecule has 0 aliphatic carbocycles. The molecule has 0 saturated heterocycles. The summed E-state index contributed by atoms with van der Waals surface area (Å²) in [4.78, 5) is 11.0. The minimum atomic E-state index is -0.175. The molecule has 0 amide bonds. The Hall–Kier alpha value is -1.39. The van der Waals surface area contributed by atoms with E-state index in [1.807, 2.05) is 31.2 Å². The molecule has 0 fully saturated rings. The first-order chi connectivity index (χ1) is 8.65. The number of rotatable bonds is 7. The van der Waals surface area contributed by atoms with Crippen LogP contribution in [0.1, 0.15) is 30.9 Å². The van der Waals surface area contributed by atoms with E-state index < -0.39 is 0 Å². The number of hydrogen-bond donors (Lipinski definition) is 2. The third-order valence-electron chi connectivity index (χ3n) is 2.84. The first-order valence-electron chi connectivity index (χ1n) is 6.14. The van der Waals surface area contributed by atoms with E-state index in [9.17, 15) is 4.79 Å². The maximum absolute atomic E-state index is 11.0. The van der Waals surface area contributed by atoms with Gasteiger partial charge in [0.05, 0.1) is 13.7 Å². The van der Waals surface area contributed by atoms with Gasteiger partial charge in [0.25, 0.3) is 0 Å². The fourth-order valence-electron chi connectivity index (χ4n) is 1.67. The van der Waals surface area contributed by atoms with Crippen molar-refractivity contribution in [2.75, 3.05) is 7.11 Å². The summed E-state index contributed by atoms with van der Waals surface area (Å²) in [7, 11) is 1.40. The largest absolute Gasteiger partial charge is 0.469 e. The molecule has 1 rings (SSSR count). The molecule has 100 valence electrons. The molecule has 0 aromatic heterocycles. The normalized spacial score (nSPS) is 12.2. The highest BCUT2D eigenvalue weighted by molar-refractivity contribution is 5.69. The Morgan fingerprint density at radius 3 is 2.83 bits per heavy atom. The van der Waals surface area contributed by atoms with Gasteiger partial charge in [-0.3, -0.25) is 4.79 Å². The van der Waals surface area contributed by atoms with Crippen LogP contribution in [0.4, 0.5) is 0 Å². The highest BCUT2D eigenvalue weighted by Crippen LogP contribution is 2.06. The predicted molar refractivity (Wildman–Crippen MR) is 69.9 cm³/mol. The molecule has 1 unspecified atom stereocenters. The van der Waals surface area contributed by atoms with Gasteiger partial charge in [0.15, 0.2) is 0 Å². The lowest BCUT2D eigenvalue weighted by molar-refractivity contribution is -0.140. The molecule has 0 aliphatic rings. The van der Waals surface area contributed by atoms with Gasteiger partial charge in [-0.15, -0.1) is 0 Å². The summed E-state index contributed by atoms with van der Waals surface area (Å²) in [5.74, 6) is -0.175. The molecular formula is C14H21NO3. The zero-order valence-corrected chi connectivity index (χ0v) is 11.0. The van der Waals surface area contributed by atoms with E-state index >= 15 is 0 Å². The minimum absolute atomic E-state index is 0.0612. The first kappa shape index (κ1) is 14.7. The number of ether oxygens (including phenoxy) is 1. The van der Waals surface area contributed by atoms with Crippen molar-refractivity contribution in [1.82, 2.24) is 5.32 Å². The van der Waals surface area contributed by atoms with E-state index in [2.05, 4.69) is 10.1 Å². The van der Waals surface area contributed by atoms with Gasteiger partial charge in [0.2, 0.25) is 0 Å². The maximum atomic E-state index is 11.0. The van der Waals surface area contributed by atoms with Crippen molar-refractivity contribution in [3.8, 4) is 0 Å². The van der Waals surface area contributed by atoms with Crippen molar-refractivity contribution < 1.29 is 14.6 Å². The predicted octanol–water partition coefficient (Wildman–Crippen LogP) is 1.61. The number of hydrogen-bond acceptors (Lipinski definition) is 4. The molecule has 0 radical (unpaired) electrons. The molecule has 1 aromatic rings. The quantitative estimate of drug-likeness (QED) is 0.723. The van der Waals surface area contributed by atoms with E-state index in [-0.39, 0.29) is 18.6 Å². The van der Waals surface area contributed by atoms with Crippen LogP contribution in [-0.2, 0) is 22.7 Å². The van der Waals surface area contributed by atoms with Crippen molar-refractivity contribution in [3.63, 3.8) is 0 Å². The lowest BCUT2D eigenvalue weighted by Crippen LogP contribution is -2.26. The van der Waals surface area contributed by atoms with Crippen molar-refractivity contribution in [2.24, 2.45) is 0 Å². The maximum Gasteiger partial charge on any atom is 0.305 e. The fourth-order valence-corrected chi connectivity index (χ4v) is 1.67. The number of nitrogens with one attached hydrogen (secondary N) is 1. The van der Waals surface area contributed by atoms with E-state index in [4.69, 9.17) is 5.11 Å². The van der Waals surface area contributed by atoms with Crippen LogP contribution < -0.4 is 5.32 Å². The van der Waals surface area contributed by atoms with E-state index in [1.165, 1.54) is 7.11 Å². The first-order valence-corrected chi connectivity index (χ1v) is 6.14. The molecule has 0 bridgehead atoms. The lowest BCUT2D eigenvalue weighted by Gasteiger charge is -2.13. The number of esters is 1. The third-order valence-corrected chi connectivity index (χ3v) is 2.84.